The van der Waals surface area contributed by atoms with Crippen LogP contribution >= 0.6 is 11.3 Å². The zero-order valence-electron chi connectivity index (χ0n) is 21.1. The Kier molecular flexibility index (Phi) is 6.84. The second kappa shape index (κ2) is 10.4. The standard InChI is InChI=1S/C27H26N8O2S/c1-27(2,3)19-8-11-21(12-9-19)35(26(37)29-20-10-13-22-23(14-20)38-16-28-22)15-17-4-6-18(7-5-17)24(36)30-25-31-33-34-32-25/h4-14,16H,15H2,1-3H3,(H,29,37)(H2,30,31,32,33,34,36). The van der Waals surface area contributed by atoms with Gasteiger partial charge in [0, 0.05) is 16.9 Å². The van der Waals surface area contributed by atoms with Crippen molar-refractivity contribution in [3.05, 3.63) is 88.9 Å². The Labute approximate surface area is 223 Å². The molecule has 3 aromatic carbocycles. The van der Waals surface area contributed by atoms with Crippen molar-refractivity contribution in [3.63, 3.8) is 0 Å². The third kappa shape index (κ3) is 5.68. The van der Waals surface area contributed by atoms with Crippen molar-refractivity contribution in [1.29, 1.82) is 0 Å². The molecule has 5 aromatic rings. The van der Waals surface area contributed by atoms with Crippen LogP contribution in [0.1, 0.15) is 42.3 Å². The summed E-state index contributed by atoms with van der Waals surface area (Å²) in [4.78, 5) is 32.0. The van der Waals surface area contributed by atoms with Crippen LogP contribution in [0.25, 0.3) is 10.2 Å². The summed E-state index contributed by atoms with van der Waals surface area (Å²) in [5.74, 6) is -0.263. The number of urea groups is 1. The molecule has 0 saturated carbocycles. The summed E-state index contributed by atoms with van der Waals surface area (Å²) in [6, 6.07) is 20.4. The molecule has 0 aliphatic heterocycles. The predicted molar refractivity (Wildman–Crippen MR) is 149 cm³/mol. The van der Waals surface area contributed by atoms with Crippen LogP contribution in [0, 0.1) is 0 Å². The summed E-state index contributed by atoms with van der Waals surface area (Å²) < 4.78 is 0.999. The van der Waals surface area contributed by atoms with Gasteiger partial charge in [0.15, 0.2) is 0 Å². The second-order valence-corrected chi connectivity index (χ2v) is 10.6. The lowest BCUT2D eigenvalue weighted by atomic mass is 9.87. The van der Waals surface area contributed by atoms with Gasteiger partial charge in [-0.05, 0) is 64.2 Å². The molecule has 0 aliphatic carbocycles. The van der Waals surface area contributed by atoms with Gasteiger partial charge in [-0.25, -0.2) is 9.78 Å². The molecular formula is C27H26N8O2S. The van der Waals surface area contributed by atoms with Crippen LogP contribution in [0.4, 0.5) is 22.1 Å². The summed E-state index contributed by atoms with van der Waals surface area (Å²) in [6.07, 6.45) is 0. The minimum absolute atomic E-state index is 0.00627. The zero-order chi connectivity index (χ0) is 26.7. The number of thiazole rings is 1. The van der Waals surface area contributed by atoms with E-state index in [1.165, 1.54) is 16.9 Å². The number of amides is 3. The smallest absolute Gasteiger partial charge is 0.307 e. The first-order chi connectivity index (χ1) is 18.3. The molecule has 3 amide bonds. The second-order valence-electron chi connectivity index (χ2n) is 9.73. The Morgan fingerprint density at radius 2 is 1.74 bits per heavy atom. The number of carbonyl (C=O) groups excluding carboxylic acids is 2. The fourth-order valence-corrected chi connectivity index (χ4v) is 4.59. The minimum Gasteiger partial charge on any atom is -0.307 e. The topological polar surface area (TPSA) is 129 Å². The number of anilines is 3. The number of fused-ring (bicyclic) bond motifs is 1. The predicted octanol–water partition coefficient (Wildman–Crippen LogP) is 5.60. The number of aromatic amines is 1. The fourth-order valence-electron chi connectivity index (χ4n) is 3.88. The van der Waals surface area contributed by atoms with Crippen molar-refractivity contribution < 1.29 is 9.59 Å². The van der Waals surface area contributed by atoms with Crippen molar-refractivity contribution in [1.82, 2.24) is 25.6 Å². The van der Waals surface area contributed by atoms with Crippen LogP contribution in [-0.2, 0) is 12.0 Å². The van der Waals surface area contributed by atoms with Gasteiger partial charge in [0.1, 0.15) is 0 Å². The summed E-state index contributed by atoms with van der Waals surface area (Å²) in [6.45, 7) is 6.76. The molecule has 0 atom stereocenters. The van der Waals surface area contributed by atoms with E-state index >= 15 is 0 Å². The summed E-state index contributed by atoms with van der Waals surface area (Å²) in [5, 5.41) is 18.8. The quantitative estimate of drug-likeness (QED) is 0.264. The van der Waals surface area contributed by atoms with Crippen LogP contribution in [-0.4, -0.2) is 37.5 Å². The SMILES string of the molecule is CC(C)(C)c1ccc(N(Cc2ccc(C(=O)Nc3nn[nH]n3)cc2)C(=O)Nc2ccc3ncsc3c2)cc1. The lowest BCUT2D eigenvalue weighted by molar-refractivity contribution is 0.102. The van der Waals surface area contributed by atoms with Crippen molar-refractivity contribution in [2.45, 2.75) is 32.7 Å². The van der Waals surface area contributed by atoms with Crippen molar-refractivity contribution >= 4 is 50.8 Å². The maximum absolute atomic E-state index is 13.5. The highest BCUT2D eigenvalue weighted by molar-refractivity contribution is 7.16. The van der Waals surface area contributed by atoms with Gasteiger partial charge in [-0.15, -0.1) is 16.4 Å². The average Bonchev–Trinajstić information content (AvgIpc) is 3.59. The van der Waals surface area contributed by atoms with Crippen LogP contribution in [0.2, 0.25) is 0 Å². The van der Waals surface area contributed by atoms with Gasteiger partial charge in [0.25, 0.3) is 11.9 Å². The lowest BCUT2D eigenvalue weighted by Gasteiger charge is -2.25. The van der Waals surface area contributed by atoms with Crippen LogP contribution < -0.4 is 15.5 Å². The largest absolute Gasteiger partial charge is 0.326 e. The molecular weight excluding hydrogens is 500 g/mol. The number of carbonyl (C=O) groups is 2. The summed E-state index contributed by atoms with van der Waals surface area (Å²) in [5.41, 5.74) is 6.58. The first-order valence-corrected chi connectivity index (χ1v) is 12.8. The molecule has 0 spiro atoms. The fraction of sp³-hybridized carbons (Fsp3) is 0.185. The van der Waals surface area contributed by atoms with Gasteiger partial charge in [-0.3, -0.25) is 15.0 Å². The lowest BCUT2D eigenvalue weighted by Crippen LogP contribution is -2.34. The van der Waals surface area contributed by atoms with Crippen molar-refractivity contribution in [2.75, 3.05) is 15.5 Å². The van der Waals surface area contributed by atoms with Gasteiger partial charge in [0.2, 0.25) is 0 Å². The Hall–Kier alpha value is -4.64. The highest BCUT2D eigenvalue weighted by Gasteiger charge is 2.20. The van der Waals surface area contributed by atoms with E-state index in [0.717, 1.165) is 21.5 Å². The van der Waals surface area contributed by atoms with Crippen molar-refractivity contribution in [2.24, 2.45) is 0 Å². The molecule has 192 valence electrons. The molecule has 11 heteroatoms. The van der Waals surface area contributed by atoms with Crippen molar-refractivity contribution in [3.8, 4) is 0 Å². The Morgan fingerprint density at radius 3 is 2.42 bits per heavy atom. The molecule has 0 saturated heterocycles. The van der Waals surface area contributed by atoms with E-state index in [0.29, 0.717) is 17.8 Å². The number of tetrazole rings is 1. The number of rotatable bonds is 6. The van der Waals surface area contributed by atoms with E-state index in [9.17, 15) is 9.59 Å². The monoisotopic (exact) mass is 526 g/mol. The van der Waals surface area contributed by atoms with Gasteiger partial charge in [-0.1, -0.05) is 50.1 Å². The van der Waals surface area contributed by atoms with Gasteiger partial charge >= 0.3 is 6.03 Å². The molecule has 0 radical (unpaired) electrons. The molecule has 3 N–H and O–H groups in total. The number of hydrogen-bond donors (Lipinski definition) is 3. The molecule has 5 rings (SSSR count). The van der Waals surface area contributed by atoms with E-state index in [4.69, 9.17) is 0 Å². The maximum atomic E-state index is 13.5. The summed E-state index contributed by atoms with van der Waals surface area (Å²) in [7, 11) is 0. The summed E-state index contributed by atoms with van der Waals surface area (Å²) >= 11 is 1.52. The molecule has 0 bridgehead atoms. The first kappa shape index (κ1) is 25.0. The third-order valence-electron chi connectivity index (χ3n) is 6.00. The highest BCUT2D eigenvalue weighted by atomic mass is 32.1. The number of aromatic nitrogens is 5. The Bertz CT molecular complexity index is 1560. The third-order valence-corrected chi connectivity index (χ3v) is 6.79. The van der Waals surface area contributed by atoms with Crippen LogP contribution in [0.5, 0.6) is 0 Å². The molecule has 0 aliphatic rings. The Morgan fingerprint density at radius 1 is 0.974 bits per heavy atom. The number of hydrogen-bond acceptors (Lipinski definition) is 7. The maximum Gasteiger partial charge on any atom is 0.326 e. The Balaban J connectivity index is 1.38. The van der Waals surface area contributed by atoms with E-state index in [1.807, 2.05) is 54.6 Å². The van der Waals surface area contributed by atoms with E-state index < -0.39 is 0 Å². The number of nitrogens with zero attached hydrogens (tertiary/aromatic N) is 5. The molecule has 0 fully saturated rings. The van der Waals surface area contributed by atoms with Gasteiger partial charge in [-0.2, -0.15) is 5.21 Å². The van der Waals surface area contributed by atoms with E-state index in [2.05, 4.69) is 57.0 Å². The molecule has 10 nitrogen and oxygen atoms in total. The number of H-pyrrole nitrogens is 1. The molecule has 2 heterocycles. The first-order valence-electron chi connectivity index (χ1n) is 11.9. The zero-order valence-corrected chi connectivity index (χ0v) is 21.9. The number of benzene rings is 3. The van der Waals surface area contributed by atoms with E-state index in [1.54, 1.807) is 22.5 Å². The minimum atomic E-state index is -0.358. The normalized spacial score (nSPS) is 11.3. The average molecular weight is 527 g/mol. The van der Waals surface area contributed by atoms with Gasteiger partial charge in [0.05, 0.1) is 22.3 Å². The van der Waals surface area contributed by atoms with Crippen LogP contribution in [0.3, 0.4) is 0 Å². The molecule has 2 aromatic heterocycles. The molecule has 38 heavy (non-hydrogen) atoms. The van der Waals surface area contributed by atoms with Gasteiger partial charge < -0.3 is 5.32 Å². The molecule has 0 unspecified atom stereocenters. The van der Waals surface area contributed by atoms with Crippen LogP contribution in [0.15, 0.2) is 72.2 Å². The number of nitrogens with one attached hydrogen (secondary N) is 3. The van der Waals surface area contributed by atoms with E-state index in [-0.39, 0.29) is 23.3 Å². The highest BCUT2D eigenvalue weighted by Crippen LogP contribution is 2.27.